The Morgan fingerprint density at radius 2 is 1.56 bits per heavy atom. The quantitative estimate of drug-likeness (QED) is 0.327. The predicted octanol–water partition coefficient (Wildman–Crippen LogP) is 3.92. The van der Waals surface area contributed by atoms with Crippen LogP contribution >= 0.6 is 0 Å². The van der Waals surface area contributed by atoms with Gasteiger partial charge in [0.2, 0.25) is 0 Å². The van der Waals surface area contributed by atoms with Gasteiger partial charge >= 0.3 is 194 Å². The molecule has 0 fully saturated rings. The molecule has 0 aliphatic heterocycles. The second-order valence-corrected chi connectivity index (χ2v) is 24.8. The number of aliphatic imine (C=N–C) groups is 1. The number of hydrogen-bond donors (Lipinski definition) is 2. The Kier molecular flexibility index (Phi) is 8.75. The number of carbonyl (C=O) groups excluding carboxylic acids is 2. The third-order valence-electron chi connectivity index (χ3n) is 3.98. The van der Waals surface area contributed by atoms with E-state index in [0.717, 1.165) is 14.0 Å². The van der Waals surface area contributed by atoms with Crippen molar-refractivity contribution < 1.29 is 29.0 Å². The van der Waals surface area contributed by atoms with E-state index in [1.54, 1.807) is 53.7 Å². The van der Waals surface area contributed by atoms with Gasteiger partial charge in [-0.05, 0) is 0 Å². The van der Waals surface area contributed by atoms with E-state index in [9.17, 15) is 19.5 Å². The Bertz CT molecular complexity index is 908. The number of carboxylic acids is 1. The second-order valence-electron chi connectivity index (χ2n) is 10.4. The van der Waals surface area contributed by atoms with Gasteiger partial charge in [-0.3, -0.25) is 0 Å². The summed E-state index contributed by atoms with van der Waals surface area (Å²) in [6.07, 6.45) is -1.71. The van der Waals surface area contributed by atoms with Crippen molar-refractivity contribution in [3.63, 3.8) is 0 Å². The molecular formula is C22H35N3O6Sn. The van der Waals surface area contributed by atoms with E-state index in [4.69, 9.17) is 15.2 Å². The van der Waals surface area contributed by atoms with Gasteiger partial charge in [-0.15, -0.1) is 0 Å². The van der Waals surface area contributed by atoms with Crippen molar-refractivity contribution in [1.29, 1.82) is 0 Å². The third-order valence-corrected chi connectivity index (χ3v) is 9.92. The number of guanidine groups is 1. The molecule has 0 spiro atoms. The summed E-state index contributed by atoms with van der Waals surface area (Å²) in [7, 11) is 0. The summed E-state index contributed by atoms with van der Waals surface area (Å²) < 4.78 is 11.5. The molecule has 0 aliphatic carbocycles. The number of carbonyl (C=O) groups is 3. The number of hydrogen-bond acceptors (Lipinski definition) is 5. The first kappa shape index (κ1) is 27.7. The van der Waals surface area contributed by atoms with Crippen LogP contribution in [0, 0.1) is 0 Å². The maximum absolute atomic E-state index is 12.9. The molecule has 0 saturated heterocycles. The van der Waals surface area contributed by atoms with Crippen molar-refractivity contribution in [3.8, 4) is 0 Å². The van der Waals surface area contributed by atoms with Gasteiger partial charge in [0.15, 0.2) is 0 Å². The maximum atomic E-state index is 12.9. The van der Waals surface area contributed by atoms with Crippen LogP contribution in [0.2, 0.25) is 14.8 Å². The SMILES string of the molecule is CC(C)(C)OC(=O)N=C(N)N(Cc1ccc(C(=O)O)c[c]1[Sn]([CH3])([CH3])[CH3])C(=O)OC(C)(C)C. The van der Waals surface area contributed by atoms with Crippen molar-refractivity contribution >= 4 is 46.1 Å². The summed E-state index contributed by atoms with van der Waals surface area (Å²) in [6.45, 7) is 10.2. The molecule has 9 nitrogen and oxygen atoms in total. The molecule has 0 aliphatic rings. The summed E-state index contributed by atoms with van der Waals surface area (Å²) in [4.78, 5) is 47.7. The number of carboxylic acid groups (broad SMARTS) is 1. The van der Waals surface area contributed by atoms with E-state index >= 15 is 0 Å². The fourth-order valence-corrected chi connectivity index (χ4v) is 7.60. The van der Waals surface area contributed by atoms with E-state index in [0.29, 0.717) is 0 Å². The van der Waals surface area contributed by atoms with Crippen molar-refractivity contribution in [3.05, 3.63) is 29.3 Å². The first-order valence-electron chi connectivity index (χ1n) is 10.2. The Morgan fingerprint density at radius 1 is 1.03 bits per heavy atom. The Balaban J connectivity index is 3.46. The molecule has 32 heavy (non-hydrogen) atoms. The molecule has 0 aromatic heterocycles. The molecule has 0 atom stereocenters. The van der Waals surface area contributed by atoms with E-state index in [-0.39, 0.29) is 18.1 Å². The zero-order valence-electron chi connectivity index (χ0n) is 20.4. The molecule has 2 amide bonds. The number of benzene rings is 1. The first-order valence-corrected chi connectivity index (χ1v) is 20.2. The fourth-order valence-electron chi connectivity index (χ4n) is 2.71. The standard InChI is InChI=1S/C19H26N3O6.3CH3.Sn/c1-18(2,3)27-16(25)21-15(20)22(17(26)28-19(4,5)6)11-12-7-9-13(10-8-12)14(23)24;;;;/h7,9-10H,11H2,1-6H3,(H,23,24)(H2,20,21,25);3*1H3;. The first-order chi connectivity index (χ1) is 14.3. The van der Waals surface area contributed by atoms with Crippen LogP contribution < -0.4 is 9.31 Å². The number of ether oxygens (including phenoxy) is 2. The number of nitrogens with zero attached hydrogens (tertiary/aromatic N) is 2. The summed E-state index contributed by atoms with van der Waals surface area (Å²) in [5, 5.41) is 9.39. The van der Waals surface area contributed by atoms with Crippen molar-refractivity contribution in [2.45, 2.75) is 74.1 Å². The van der Waals surface area contributed by atoms with Crippen LogP contribution in [0.3, 0.4) is 0 Å². The summed E-state index contributed by atoms with van der Waals surface area (Å²) in [6, 6.07) is 4.80. The van der Waals surface area contributed by atoms with Gasteiger partial charge in [0.25, 0.3) is 0 Å². The Hall–Kier alpha value is -2.30. The molecule has 0 bridgehead atoms. The van der Waals surface area contributed by atoms with Crippen molar-refractivity contribution in [1.82, 2.24) is 4.90 Å². The van der Waals surface area contributed by atoms with Crippen LogP contribution in [-0.2, 0) is 16.0 Å². The monoisotopic (exact) mass is 557 g/mol. The molecular weight excluding hydrogens is 521 g/mol. The number of nitrogens with two attached hydrogens (primary N) is 1. The molecule has 1 aromatic carbocycles. The summed E-state index contributed by atoms with van der Waals surface area (Å²) >= 11 is -2.83. The van der Waals surface area contributed by atoms with E-state index in [1.165, 1.54) is 6.07 Å². The minimum atomic E-state index is -2.83. The van der Waals surface area contributed by atoms with E-state index < -0.39 is 47.7 Å². The molecule has 0 saturated carbocycles. The summed E-state index contributed by atoms with van der Waals surface area (Å²) in [5.41, 5.74) is 5.36. The van der Waals surface area contributed by atoms with Crippen molar-refractivity contribution in [2.24, 2.45) is 10.7 Å². The van der Waals surface area contributed by atoms with Gasteiger partial charge < -0.3 is 0 Å². The van der Waals surface area contributed by atoms with Gasteiger partial charge in [-0.25, -0.2) is 0 Å². The van der Waals surface area contributed by atoms with Crippen LogP contribution in [0.4, 0.5) is 9.59 Å². The van der Waals surface area contributed by atoms with Crippen molar-refractivity contribution in [2.75, 3.05) is 0 Å². The zero-order chi connectivity index (χ0) is 25.1. The van der Waals surface area contributed by atoms with Gasteiger partial charge in [0.1, 0.15) is 0 Å². The van der Waals surface area contributed by atoms with Gasteiger partial charge in [0, 0.05) is 0 Å². The van der Waals surface area contributed by atoms with Gasteiger partial charge in [0.05, 0.1) is 0 Å². The summed E-state index contributed by atoms with van der Waals surface area (Å²) in [5.74, 6) is -1.39. The number of aromatic carboxylic acids is 1. The predicted molar refractivity (Wildman–Crippen MR) is 126 cm³/mol. The molecule has 1 aromatic rings. The molecule has 3 N–H and O–H groups in total. The van der Waals surface area contributed by atoms with Crippen LogP contribution in [0.15, 0.2) is 23.2 Å². The molecule has 178 valence electrons. The minimum absolute atomic E-state index is 0.0313. The average Bonchev–Trinajstić information content (AvgIpc) is 2.54. The van der Waals surface area contributed by atoms with Crippen LogP contribution in [0.1, 0.15) is 57.5 Å². The van der Waals surface area contributed by atoms with Crippen LogP contribution in [-0.4, -0.2) is 63.7 Å². The van der Waals surface area contributed by atoms with Gasteiger partial charge in [-0.2, -0.15) is 0 Å². The number of rotatable bonds is 4. The van der Waals surface area contributed by atoms with E-state index in [1.807, 2.05) is 0 Å². The molecule has 0 radical (unpaired) electrons. The molecule has 0 heterocycles. The zero-order valence-corrected chi connectivity index (χ0v) is 23.3. The topological polar surface area (TPSA) is 132 Å². The van der Waals surface area contributed by atoms with Crippen LogP contribution in [0.5, 0.6) is 0 Å². The average molecular weight is 556 g/mol. The van der Waals surface area contributed by atoms with E-state index in [2.05, 4.69) is 19.8 Å². The molecule has 0 unspecified atom stereocenters. The van der Waals surface area contributed by atoms with Crippen LogP contribution in [0.25, 0.3) is 0 Å². The number of amides is 2. The molecule has 1 rings (SSSR count). The second kappa shape index (κ2) is 10.1. The molecule has 10 heteroatoms. The Morgan fingerprint density at radius 3 is 2.00 bits per heavy atom. The van der Waals surface area contributed by atoms with Gasteiger partial charge in [-0.1, -0.05) is 0 Å². The normalized spacial score (nSPS) is 12.8. The fraction of sp³-hybridized carbons (Fsp3) is 0.545. The third kappa shape index (κ3) is 9.05. The Labute approximate surface area is 193 Å².